The van der Waals surface area contributed by atoms with Crippen molar-refractivity contribution >= 4 is 41.8 Å². The van der Waals surface area contributed by atoms with Gasteiger partial charge in [0.25, 0.3) is 0 Å². The van der Waals surface area contributed by atoms with Gasteiger partial charge in [0, 0.05) is 96.2 Å². The Hall–Kier alpha value is -6.26. The van der Waals surface area contributed by atoms with Crippen molar-refractivity contribution in [2.75, 3.05) is 75.7 Å². The van der Waals surface area contributed by atoms with E-state index in [1.54, 1.807) is 54.8 Å². The number of ether oxygens (including phenoxy) is 16. The van der Waals surface area contributed by atoms with Gasteiger partial charge in [0.1, 0.15) is 48.8 Å². The fraction of sp³-hybridized carbons (Fsp3) is 0.701. The van der Waals surface area contributed by atoms with Gasteiger partial charge in [-0.1, -0.05) is 144 Å². The van der Waals surface area contributed by atoms with Gasteiger partial charge in [-0.05, 0) is 257 Å². The number of hydrogen-bond acceptors (Lipinski definition) is 26. The third-order valence-electron chi connectivity index (χ3n) is 33.2. The molecular weight excluding hydrogens is 1700 g/mol. The Bertz CT molecular complexity index is 4550. The molecule has 8 aliphatic heterocycles. The molecule has 0 bridgehead atoms. The molecule has 0 amide bonds. The zero-order valence-corrected chi connectivity index (χ0v) is 81.7. The normalized spacial score (nSPS) is 40.7. The van der Waals surface area contributed by atoms with Crippen LogP contribution in [0.4, 0.5) is 5.69 Å². The lowest BCUT2D eigenvalue weighted by atomic mass is 9.66. The molecule has 26 nitrogen and oxygen atoms in total. The maximum absolute atomic E-state index is 15.3. The van der Waals surface area contributed by atoms with Crippen LogP contribution in [0.2, 0.25) is 0 Å². The second-order valence-electron chi connectivity index (χ2n) is 41.1. The predicted octanol–water partition coefficient (Wildman–Crippen LogP) is 13.8. The van der Waals surface area contributed by atoms with E-state index in [0.717, 1.165) is 112 Å². The molecule has 8 heterocycles. The van der Waals surface area contributed by atoms with Gasteiger partial charge >= 0.3 is 19.1 Å². The van der Waals surface area contributed by atoms with E-state index < -0.39 is 37.8 Å². The third kappa shape index (κ3) is 21.8. The van der Waals surface area contributed by atoms with Crippen molar-refractivity contribution in [3.8, 4) is 22.3 Å². The number of methoxy groups -OCH3 is 6. The number of carbonyl (C=O) groups excluding carboxylic acids is 4. The van der Waals surface area contributed by atoms with Crippen LogP contribution < -0.4 is 15.7 Å². The molecule has 12 fully saturated rings. The molecule has 738 valence electrons. The summed E-state index contributed by atoms with van der Waals surface area (Å²) in [4.78, 5) is 64.9. The largest absolute Gasteiger partial charge is 0.488 e. The number of cyclic esters (lactones) is 2. The first-order valence-electron chi connectivity index (χ1n) is 50.0. The minimum absolute atomic E-state index is 0. The number of benzene rings is 4. The third-order valence-corrected chi connectivity index (χ3v) is 33.2. The zero-order chi connectivity index (χ0) is 94.1. The van der Waals surface area contributed by atoms with Crippen LogP contribution in [-0.4, -0.2) is 280 Å². The standard InChI is InChI=1S/C53H74N2O10.C41H66N2O10.C12H11BO2.CH4/c1-10-35-17-14-18-43(65-45-24-23-42(54(5)6)30(3)61-45)29(2)49(57)41-27-38-37-25-36(64-53-52(60-9)51(59-8)50(58-7)31(4)62-53)26-40(37)47-48(46(38)39(41)28-44(56)63-35)55(47)34-21-19-33(20-22-34)32-15-12-11-13-16-32;1-10-23-12-11-13-31(53-33-15-14-30(43(5)6)21(3)49-33)20(2)37(45)29-18-26-25-16-24(52-41-40(48-9)39(47-8)38(46-7)22(4)50-41)17-28(25)35-36(42-35)34(26)27(29)19-32(44)51-23;14-13(15)12-8-6-11(7-9-12)10-4-2-1-3-5-10;/h11-13,15-16,19-22,27,29-31,35-40,42-43,45-48,50-53H,10,14,17-18,23-26,28H2,1-9H3;18,20-28,30-31,33-36,38-42H,10-17,19H2,1-9H3;1-9,14-15H;1H4/t29-,30?,31?,35+,36+,37+,38+,39-,40-,42+,43+,45+,46-,47+,48-,50+,51?,52+,53+,55?;20-,21?,22?,23+,24+,25+,26+,27-,28-,30+,31+,33+,34-,35+,36-,38+,39?,40+,41+;;/m11../s1. The maximum atomic E-state index is 15.3. The van der Waals surface area contributed by atoms with Crippen LogP contribution in [0.3, 0.4) is 0 Å². The lowest BCUT2D eigenvalue weighted by Crippen LogP contribution is -2.59. The van der Waals surface area contributed by atoms with E-state index in [0.29, 0.717) is 54.2 Å². The van der Waals surface area contributed by atoms with E-state index in [4.69, 9.17) is 85.8 Å². The Morgan fingerprint density at radius 2 is 0.836 bits per heavy atom. The Labute approximate surface area is 796 Å². The number of anilines is 1. The molecule has 0 aromatic heterocycles. The van der Waals surface area contributed by atoms with E-state index in [1.165, 1.54) is 16.8 Å². The molecule has 27 heteroatoms. The van der Waals surface area contributed by atoms with Crippen LogP contribution in [-0.2, 0) is 95.0 Å². The Morgan fingerprint density at radius 3 is 1.25 bits per heavy atom. The minimum atomic E-state index is -1.39. The summed E-state index contributed by atoms with van der Waals surface area (Å²) in [7, 11) is 17.0. The summed E-state index contributed by atoms with van der Waals surface area (Å²) in [6.07, 6.45) is 12.4. The highest BCUT2D eigenvalue weighted by molar-refractivity contribution is 6.58. The van der Waals surface area contributed by atoms with Gasteiger partial charge in [0.15, 0.2) is 36.7 Å². The van der Waals surface area contributed by atoms with Crippen molar-refractivity contribution in [2.45, 2.75) is 337 Å². The minimum Gasteiger partial charge on any atom is -0.462 e. The van der Waals surface area contributed by atoms with E-state index >= 15 is 4.79 Å². The van der Waals surface area contributed by atoms with E-state index in [9.17, 15) is 14.4 Å². The monoisotopic (exact) mass is 1860 g/mol. The van der Waals surface area contributed by atoms with Gasteiger partial charge in [0.05, 0.1) is 73.8 Å². The average molecular weight is 1860 g/mol. The van der Waals surface area contributed by atoms with Gasteiger partial charge in [-0.15, -0.1) is 0 Å². The van der Waals surface area contributed by atoms with Gasteiger partial charge < -0.3 is 106 Å². The summed E-state index contributed by atoms with van der Waals surface area (Å²) in [6.45, 7) is 16.5. The van der Waals surface area contributed by atoms with Gasteiger partial charge in [-0.2, -0.15) is 0 Å². The van der Waals surface area contributed by atoms with Crippen LogP contribution in [0, 0.1) is 71.0 Å². The molecule has 3 N–H and O–H groups in total. The van der Waals surface area contributed by atoms with Gasteiger partial charge in [-0.3, -0.25) is 19.2 Å². The highest BCUT2D eigenvalue weighted by Crippen LogP contribution is 2.66. The number of nitrogens with zero attached hydrogens (tertiary/aromatic N) is 3. The Balaban J connectivity index is 0.000000178. The fourth-order valence-electron chi connectivity index (χ4n) is 26.4. The van der Waals surface area contributed by atoms with E-state index in [1.807, 2.05) is 76.2 Å². The quantitative estimate of drug-likeness (QED) is 0.0374. The number of likely N-dealkylation sites (N-methyl/N-ethyl adjacent to an activating group) is 2. The highest BCUT2D eigenvalue weighted by Gasteiger charge is 2.70. The molecule has 0 radical (unpaired) electrons. The van der Waals surface area contributed by atoms with Crippen molar-refractivity contribution in [2.24, 2.45) is 71.0 Å². The second-order valence-corrected chi connectivity index (χ2v) is 41.1. The molecule has 6 unspecified atom stereocenters. The number of esters is 2. The average Bonchev–Trinajstić information content (AvgIpc) is 1.51. The van der Waals surface area contributed by atoms with Crippen molar-refractivity contribution in [1.29, 1.82) is 0 Å². The topological polar surface area (TPSA) is 288 Å². The first kappa shape index (κ1) is 102. The summed E-state index contributed by atoms with van der Waals surface area (Å²) in [5.74, 6) is 0.308. The second kappa shape index (κ2) is 45.1. The zero-order valence-electron chi connectivity index (χ0n) is 81.7. The molecule has 8 saturated heterocycles. The fourth-order valence-corrected chi connectivity index (χ4v) is 26.4. The number of hydrogen-bond donors (Lipinski definition) is 3. The molecular formula is C107H155BN4O22. The van der Waals surface area contributed by atoms with Crippen molar-refractivity contribution in [3.63, 3.8) is 0 Å². The summed E-state index contributed by atoms with van der Waals surface area (Å²) in [6, 6.07) is 38.2. The molecule has 38 atom stereocenters. The number of allylic oxidation sites excluding steroid dienone is 4. The first-order valence-corrected chi connectivity index (χ1v) is 50.0. The molecule has 0 spiro atoms. The van der Waals surface area contributed by atoms with Gasteiger partial charge in [-0.25, -0.2) is 0 Å². The van der Waals surface area contributed by atoms with Crippen LogP contribution >= 0.6 is 0 Å². The predicted molar refractivity (Wildman–Crippen MR) is 511 cm³/mol. The number of carbonyl (C=O) groups is 4. The number of fused-ring (bicyclic) bond motifs is 16. The number of rotatable bonds is 22. The van der Waals surface area contributed by atoms with Crippen molar-refractivity contribution in [3.05, 3.63) is 132 Å². The molecule has 14 aliphatic rings. The van der Waals surface area contributed by atoms with Gasteiger partial charge in [0.2, 0.25) is 0 Å². The van der Waals surface area contributed by atoms with Crippen LogP contribution in [0.15, 0.2) is 132 Å². The number of Topliss-reactive ketones (excluding diaryl/α,β-unsaturated/α-hetero) is 2. The molecule has 134 heavy (non-hydrogen) atoms. The molecule has 18 rings (SSSR count). The SMILES string of the molecule is C.CC[C@H]1CCC[C@H](O[C@H]2CC[C@H](N(C)C)C(C)O2)[C@@H](C)C(=O)C2=C[C@H]3[C@@H]4C[C@H](O[C@@H]5OC(C)[C@H](OC)C(OC)[C@@H]5OC)C[C@H]4[C@@H]4N[C@@H]4[C@H]3[C@@H]2CC(=O)O1.CC[C@H]1CCC[C@H](O[C@H]2CC[C@H](N(C)C)C(C)O2)[C@@H](C)C(=O)C2=C[C@H]3[C@@H]4C[C@H](O[C@@H]5OC(C)[C@H](OC)C(OC)[C@@H]5OC)C[C@H]4[C@H]4[C@@H]([C@H]3[C@@H]2CC(=O)O1)N4c1ccc(-c2ccccc2)cc1.OB(O)c1ccc(-c2ccccc2)cc1. The van der Waals surface area contributed by atoms with Crippen molar-refractivity contribution < 1.29 is 105 Å². The number of nitrogens with one attached hydrogen (secondary N) is 1. The first-order chi connectivity index (χ1) is 64.2. The van der Waals surface area contributed by atoms with E-state index in [-0.39, 0.29) is 207 Å². The summed E-state index contributed by atoms with van der Waals surface area (Å²) in [5.41, 5.74) is 7.80. The smallest absolute Gasteiger partial charge is 0.462 e. The van der Waals surface area contributed by atoms with Crippen molar-refractivity contribution in [1.82, 2.24) is 15.1 Å². The molecule has 4 aromatic rings. The van der Waals surface area contributed by atoms with E-state index in [2.05, 4.69) is 137 Å². The number of ketones is 2. The highest BCUT2D eigenvalue weighted by atomic mass is 16.7. The Morgan fingerprint density at radius 1 is 0.433 bits per heavy atom. The van der Waals surface area contributed by atoms with Crippen LogP contribution in [0.25, 0.3) is 22.3 Å². The lowest BCUT2D eigenvalue weighted by molar-refractivity contribution is -0.314. The Kier molecular flexibility index (Phi) is 34.4. The molecule has 4 aromatic carbocycles. The maximum Gasteiger partial charge on any atom is 0.488 e. The summed E-state index contributed by atoms with van der Waals surface area (Å²) >= 11 is 0. The molecule has 6 aliphatic carbocycles. The van der Waals surface area contributed by atoms with Crippen LogP contribution in [0.5, 0.6) is 0 Å². The summed E-state index contributed by atoms with van der Waals surface area (Å²) in [5, 5.41) is 21.7. The van der Waals surface area contributed by atoms with Crippen LogP contribution in [0.1, 0.15) is 178 Å². The lowest BCUT2D eigenvalue weighted by Gasteiger charge is -2.44. The summed E-state index contributed by atoms with van der Waals surface area (Å²) < 4.78 is 101. The molecule has 4 saturated carbocycles.